The van der Waals surface area contributed by atoms with Gasteiger partial charge in [0.25, 0.3) is 0 Å². The van der Waals surface area contributed by atoms with Crippen LogP contribution in [0.1, 0.15) is 5.56 Å². The van der Waals surface area contributed by atoms with E-state index < -0.39 is 19.7 Å². The molecule has 0 atom stereocenters. The normalized spacial score (nSPS) is 12.0. The molecule has 4 rings (SSSR count). The monoisotopic (exact) mass is 438 g/mol. The molecule has 1 heterocycles. The minimum Gasteiger partial charge on any atom is -0.464 e. The van der Waals surface area contributed by atoms with Crippen LogP contribution in [0.2, 0.25) is 0 Å². The van der Waals surface area contributed by atoms with Gasteiger partial charge in [-0.05, 0) is 61.5 Å². The summed E-state index contributed by atoms with van der Waals surface area (Å²) in [5, 5.41) is 0. The van der Waals surface area contributed by atoms with Crippen molar-refractivity contribution in [2.45, 2.75) is 26.5 Å². The van der Waals surface area contributed by atoms with E-state index in [2.05, 4.69) is 0 Å². The van der Waals surface area contributed by atoms with Crippen molar-refractivity contribution in [3.05, 3.63) is 96.8 Å². The summed E-state index contributed by atoms with van der Waals surface area (Å²) >= 11 is 0. The molecule has 0 radical (unpaired) electrons. The van der Waals surface area contributed by atoms with Crippen LogP contribution in [0.3, 0.4) is 0 Å². The molecule has 0 aliphatic heterocycles. The molecule has 0 N–H and O–H groups in total. The third-order valence-electron chi connectivity index (χ3n) is 4.72. The highest BCUT2D eigenvalue weighted by atomic mass is 32.2. The van der Waals surface area contributed by atoms with E-state index in [9.17, 15) is 16.8 Å². The van der Waals surface area contributed by atoms with Gasteiger partial charge in [-0.3, -0.25) is 0 Å². The van der Waals surface area contributed by atoms with Crippen molar-refractivity contribution in [1.82, 2.24) is 0 Å². The van der Waals surface area contributed by atoms with E-state index in [1.807, 2.05) is 6.92 Å². The third kappa shape index (κ3) is 3.58. The standard InChI is InChI=1S/C23H18O5S2/c1-17-9-11-19(12-10-17)30(26,27)23-14-13-20(16-21(23)22-8-5-15-28-22)29(24,25)18-6-3-2-4-7-18/h2-16H,1H3. The highest BCUT2D eigenvalue weighted by molar-refractivity contribution is 7.92. The Morgan fingerprint density at radius 1 is 0.633 bits per heavy atom. The predicted molar refractivity (Wildman–Crippen MR) is 113 cm³/mol. The third-order valence-corrected chi connectivity index (χ3v) is 8.32. The first-order chi connectivity index (χ1) is 14.3. The molecule has 1 aromatic heterocycles. The second-order valence-corrected chi connectivity index (χ2v) is 10.6. The van der Waals surface area contributed by atoms with E-state index in [-0.39, 0.29) is 30.9 Å². The fourth-order valence-corrected chi connectivity index (χ4v) is 5.87. The Hall–Kier alpha value is -3.16. The maximum atomic E-state index is 13.3. The fraction of sp³-hybridized carbons (Fsp3) is 0.0435. The maximum Gasteiger partial charge on any atom is 0.207 e. The quantitative estimate of drug-likeness (QED) is 0.442. The van der Waals surface area contributed by atoms with Crippen LogP contribution in [0.5, 0.6) is 0 Å². The highest BCUT2D eigenvalue weighted by Crippen LogP contribution is 2.35. The number of hydrogen-bond donors (Lipinski definition) is 0. The van der Waals surface area contributed by atoms with Crippen molar-refractivity contribution < 1.29 is 21.3 Å². The Morgan fingerprint density at radius 3 is 1.90 bits per heavy atom. The van der Waals surface area contributed by atoms with Gasteiger partial charge in [-0.15, -0.1) is 0 Å². The second kappa shape index (κ2) is 7.59. The van der Waals surface area contributed by atoms with Crippen LogP contribution >= 0.6 is 0 Å². The van der Waals surface area contributed by atoms with Gasteiger partial charge in [0.15, 0.2) is 0 Å². The Morgan fingerprint density at radius 2 is 1.27 bits per heavy atom. The van der Waals surface area contributed by atoms with E-state index in [4.69, 9.17) is 4.42 Å². The van der Waals surface area contributed by atoms with Crippen LogP contribution in [-0.2, 0) is 19.7 Å². The van der Waals surface area contributed by atoms with Gasteiger partial charge in [-0.1, -0.05) is 35.9 Å². The Labute approximate surface area is 175 Å². The molecule has 0 amide bonds. The number of hydrogen-bond acceptors (Lipinski definition) is 5. The molecule has 0 fully saturated rings. The molecule has 7 heteroatoms. The summed E-state index contributed by atoms with van der Waals surface area (Å²) in [7, 11) is -7.72. The molecule has 0 bridgehead atoms. The first kappa shape index (κ1) is 20.1. The molecule has 0 spiro atoms. The average molecular weight is 439 g/mol. The van der Waals surface area contributed by atoms with Crippen LogP contribution in [-0.4, -0.2) is 16.8 Å². The molecule has 30 heavy (non-hydrogen) atoms. The van der Waals surface area contributed by atoms with Gasteiger partial charge in [0, 0.05) is 5.56 Å². The molecule has 3 aromatic carbocycles. The molecule has 0 saturated carbocycles. The first-order valence-electron chi connectivity index (χ1n) is 9.10. The highest BCUT2D eigenvalue weighted by Gasteiger charge is 2.26. The average Bonchev–Trinajstić information content (AvgIpc) is 3.29. The van der Waals surface area contributed by atoms with Crippen molar-refractivity contribution in [3.63, 3.8) is 0 Å². The van der Waals surface area contributed by atoms with Crippen molar-refractivity contribution >= 4 is 19.7 Å². The largest absolute Gasteiger partial charge is 0.464 e. The van der Waals surface area contributed by atoms with E-state index in [1.165, 1.54) is 48.7 Å². The molecular formula is C23H18O5S2. The summed E-state index contributed by atoms with van der Waals surface area (Å²) in [4.78, 5) is 0.223. The van der Waals surface area contributed by atoms with Crippen LogP contribution in [0, 0.1) is 6.92 Å². The van der Waals surface area contributed by atoms with E-state index in [0.717, 1.165) is 5.56 Å². The zero-order chi connectivity index (χ0) is 21.4. The Bertz CT molecular complexity index is 1390. The number of sulfone groups is 2. The van der Waals surface area contributed by atoms with E-state index in [1.54, 1.807) is 42.5 Å². The topological polar surface area (TPSA) is 81.4 Å². The lowest BCUT2D eigenvalue weighted by atomic mass is 10.2. The zero-order valence-electron chi connectivity index (χ0n) is 16.0. The smallest absolute Gasteiger partial charge is 0.207 e. The number of aryl methyl sites for hydroxylation is 1. The molecule has 0 aliphatic carbocycles. The molecule has 0 aliphatic rings. The SMILES string of the molecule is Cc1ccc(S(=O)(=O)c2ccc(S(=O)(=O)c3ccccc3)cc2-c2ccco2)cc1. The lowest BCUT2D eigenvalue weighted by Crippen LogP contribution is -2.07. The lowest BCUT2D eigenvalue weighted by molar-refractivity contribution is 0.576. The van der Waals surface area contributed by atoms with Gasteiger partial charge in [-0.2, -0.15) is 0 Å². The Balaban J connectivity index is 1.92. The van der Waals surface area contributed by atoms with Crippen LogP contribution in [0.15, 0.2) is 115 Å². The van der Waals surface area contributed by atoms with Crippen LogP contribution in [0.25, 0.3) is 11.3 Å². The molecule has 4 aromatic rings. The van der Waals surface area contributed by atoms with Crippen molar-refractivity contribution in [3.8, 4) is 11.3 Å². The Kier molecular flexibility index (Phi) is 5.09. The van der Waals surface area contributed by atoms with Gasteiger partial charge in [0.05, 0.1) is 25.8 Å². The van der Waals surface area contributed by atoms with Gasteiger partial charge >= 0.3 is 0 Å². The van der Waals surface area contributed by atoms with Gasteiger partial charge in [0.1, 0.15) is 5.76 Å². The van der Waals surface area contributed by atoms with Crippen molar-refractivity contribution in [1.29, 1.82) is 0 Å². The summed E-state index contributed by atoms with van der Waals surface area (Å²) in [5.41, 5.74) is 1.13. The van der Waals surface area contributed by atoms with Crippen molar-refractivity contribution in [2.75, 3.05) is 0 Å². The predicted octanol–water partition coefficient (Wildman–Crippen LogP) is 4.92. The van der Waals surface area contributed by atoms with Gasteiger partial charge < -0.3 is 4.42 Å². The number of rotatable bonds is 5. The molecule has 0 saturated heterocycles. The van der Waals surface area contributed by atoms with Gasteiger partial charge in [0.2, 0.25) is 19.7 Å². The first-order valence-corrected chi connectivity index (χ1v) is 12.1. The summed E-state index contributed by atoms with van der Waals surface area (Å²) in [6.45, 7) is 1.87. The van der Waals surface area contributed by atoms with E-state index >= 15 is 0 Å². The maximum absolute atomic E-state index is 13.3. The van der Waals surface area contributed by atoms with E-state index in [0.29, 0.717) is 0 Å². The minimum absolute atomic E-state index is 0.0112. The molecule has 5 nitrogen and oxygen atoms in total. The van der Waals surface area contributed by atoms with Crippen LogP contribution < -0.4 is 0 Å². The fourth-order valence-electron chi connectivity index (χ4n) is 3.12. The minimum atomic E-state index is -3.89. The molecule has 0 unspecified atom stereocenters. The number of furan rings is 1. The summed E-state index contributed by atoms with van der Waals surface area (Å²) in [6.07, 6.45) is 1.41. The van der Waals surface area contributed by atoms with Crippen molar-refractivity contribution in [2.24, 2.45) is 0 Å². The lowest BCUT2D eigenvalue weighted by Gasteiger charge is -2.12. The summed E-state index contributed by atoms with van der Waals surface area (Å²) in [5.74, 6) is 0.269. The summed E-state index contributed by atoms with van der Waals surface area (Å²) in [6, 6.07) is 21.7. The molecule has 152 valence electrons. The summed E-state index contributed by atoms with van der Waals surface area (Å²) < 4.78 is 58.1. The number of benzene rings is 3. The molecular weight excluding hydrogens is 420 g/mol. The van der Waals surface area contributed by atoms with Crippen LogP contribution in [0.4, 0.5) is 0 Å². The van der Waals surface area contributed by atoms with Gasteiger partial charge in [-0.25, -0.2) is 16.8 Å². The zero-order valence-corrected chi connectivity index (χ0v) is 17.7. The second-order valence-electron chi connectivity index (χ2n) is 6.77.